The fourth-order valence-corrected chi connectivity index (χ4v) is 4.53. The molecule has 1 aromatic rings. The zero-order chi connectivity index (χ0) is 18.3. The highest BCUT2D eigenvalue weighted by Crippen LogP contribution is 2.46. The number of ether oxygens (including phenoxy) is 1. The summed E-state index contributed by atoms with van der Waals surface area (Å²) in [6.07, 6.45) is 6.14. The van der Waals surface area contributed by atoms with E-state index in [9.17, 15) is 14.3 Å². The number of nitrogens with two attached hydrogens (primary N) is 1. The Labute approximate surface area is 161 Å². The van der Waals surface area contributed by atoms with Crippen LogP contribution in [0.4, 0.5) is 0 Å². The van der Waals surface area contributed by atoms with Gasteiger partial charge in [0.1, 0.15) is 5.75 Å². The maximum atomic E-state index is 12.4. The number of hydrogen-bond donors (Lipinski definition) is 3. The van der Waals surface area contributed by atoms with E-state index in [0.717, 1.165) is 24.2 Å². The largest absolute Gasteiger partial charge is 0.490 e. The van der Waals surface area contributed by atoms with Crippen molar-refractivity contribution in [3.63, 3.8) is 0 Å². The second-order valence-corrected chi connectivity index (χ2v) is 9.34. The van der Waals surface area contributed by atoms with Crippen LogP contribution >= 0.6 is 19.8 Å². The predicted molar refractivity (Wildman–Crippen MR) is 104 cm³/mol. The van der Waals surface area contributed by atoms with Crippen LogP contribution in [-0.4, -0.2) is 34.0 Å². The second kappa shape index (κ2) is 10.9. The average Bonchev–Trinajstić information content (AvgIpc) is 2.59. The summed E-state index contributed by atoms with van der Waals surface area (Å²) in [5.41, 5.74) is 6.64. The van der Waals surface area contributed by atoms with E-state index in [1.807, 2.05) is 24.3 Å². The summed E-state index contributed by atoms with van der Waals surface area (Å²) in [7, 11) is -3.61. The van der Waals surface area contributed by atoms with Gasteiger partial charge >= 0.3 is 5.97 Å². The van der Waals surface area contributed by atoms with Crippen LogP contribution in [-0.2, 0) is 15.8 Å². The summed E-state index contributed by atoms with van der Waals surface area (Å²) in [5, 5.41) is 8.68. The van der Waals surface area contributed by atoms with E-state index in [4.69, 9.17) is 15.6 Å². The summed E-state index contributed by atoms with van der Waals surface area (Å²) in [6, 6.07) is 7.59. The number of aryl methyl sites for hydroxylation is 1. The topological polar surface area (TPSA) is 110 Å². The molecule has 1 saturated carbocycles. The number of benzene rings is 1. The number of halogens is 1. The molecule has 1 fully saturated rings. The van der Waals surface area contributed by atoms with Crippen LogP contribution < -0.4 is 10.5 Å². The first kappa shape index (κ1) is 23.0. The molecular formula is C18H29ClNO5P. The Morgan fingerprint density at radius 1 is 1.27 bits per heavy atom. The van der Waals surface area contributed by atoms with Gasteiger partial charge in [-0.2, -0.15) is 0 Å². The molecule has 0 spiro atoms. The molecular weight excluding hydrogens is 377 g/mol. The minimum Gasteiger partial charge on any atom is -0.490 e. The van der Waals surface area contributed by atoms with Crippen LogP contribution in [0.25, 0.3) is 0 Å². The van der Waals surface area contributed by atoms with Crippen molar-refractivity contribution in [2.75, 3.05) is 6.16 Å². The van der Waals surface area contributed by atoms with E-state index >= 15 is 0 Å². The van der Waals surface area contributed by atoms with Crippen molar-refractivity contribution in [3.8, 4) is 5.75 Å². The number of hydrogen-bond acceptors (Lipinski definition) is 4. The average molecular weight is 406 g/mol. The van der Waals surface area contributed by atoms with Crippen molar-refractivity contribution in [1.29, 1.82) is 0 Å². The number of aliphatic carboxylic acids is 1. The van der Waals surface area contributed by atoms with Gasteiger partial charge in [-0.05, 0) is 50.2 Å². The summed E-state index contributed by atoms with van der Waals surface area (Å²) in [4.78, 5) is 20.8. The lowest BCUT2D eigenvalue weighted by molar-refractivity contribution is -0.137. The standard InChI is InChI=1S/C18H28NO5P.ClH/c19-17(10-11-18(20)21)25(22,23)13-12-14-6-4-5-9-16(14)24-15-7-2-1-3-8-15;/h4-6,9,15,17H,1-3,7-8,10-13,19H2,(H,20,21)(H,22,23);1H. The van der Waals surface area contributed by atoms with Crippen molar-refractivity contribution in [3.05, 3.63) is 29.8 Å². The predicted octanol–water partition coefficient (Wildman–Crippen LogP) is 3.78. The fourth-order valence-electron chi connectivity index (χ4n) is 3.11. The highest BCUT2D eigenvalue weighted by molar-refractivity contribution is 7.58. The molecule has 0 bridgehead atoms. The minimum atomic E-state index is -3.61. The molecule has 2 rings (SSSR count). The van der Waals surface area contributed by atoms with E-state index in [0.29, 0.717) is 6.42 Å². The van der Waals surface area contributed by atoms with Gasteiger partial charge in [-0.25, -0.2) is 0 Å². The van der Waals surface area contributed by atoms with Gasteiger partial charge in [0.25, 0.3) is 0 Å². The van der Waals surface area contributed by atoms with Gasteiger partial charge in [0, 0.05) is 12.6 Å². The Morgan fingerprint density at radius 3 is 2.58 bits per heavy atom. The Kier molecular flexibility index (Phi) is 9.66. The van der Waals surface area contributed by atoms with E-state index in [-0.39, 0.29) is 37.5 Å². The number of carbonyl (C=O) groups is 1. The maximum Gasteiger partial charge on any atom is 0.303 e. The van der Waals surface area contributed by atoms with Crippen molar-refractivity contribution in [2.24, 2.45) is 5.73 Å². The van der Waals surface area contributed by atoms with E-state index in [2.05, 4.69) is 0 Å². The molecule has 26 heavy (non-hydrogen) atoms. The molecule has 6 nitrogen and oxygen atoms in total. The van der Waals surface area contributed by atoms with Crippen LogP contribution in [0.15, 0.2) is 24.3 Å². The monoisotopic (exact) mass is 405 g/mol. The normalized spacial score (nSPS) is 18.4. The van der Waals surface area contributed by atoms with Crippen molar-refractivity contribution < 1.29 is 24.1 Å². The molecule has 0 aliphatic heterocycles. The van der Waals surface area contributed by atoms with Crippen molar-refractivity contribution >= 4 is 25.7 Å². The Bertz CT molecular complexity index is 621. The smallest absolute Gasteiger partial charge is 0.303 e. The van der Waals surface area contributed by atoms with Gasteiger partial charge in [0.2, 0.25) is 7.37 Å². The Balaban J connectivity index is 0.00000338. The van der Waals surface area contributed by atoms with Crippen LogP contribution in [0.3, 0.4) is 0 Å². The van der Waals surface area contributed by atoms with Crippen molar-refractivity contribution in [1.82, 2.24) is 0 Å². The molecule has 0 amide bonds. The number of carboxylic acids is 1. The highest BCUT2D eigenvalue weighted by Gasteiger charge is 2.28. The van der Waals surface area contributed by atoms with Crippen LogP contribution in [0.5, 0.6) is 5.75 Å². The molecule has 2 unspecified atom stereocenters. The number of para-hydroxylation sites is 1. The molecule has 148 valence electrons. The molecule has 0 heterocycles. The lowest BCUT2D eigenvalue weighted by atomic mass is 9.97. The molecule has 4 N–H and O–H groups in total. The van der Waals surface area contributed by atoms with E-state index in [1.165, 1.54) is 19.3 Å². The Hall–Kier alpha value is -1.07. The SMILES string of the molecule is Cl.NC(CCC(=O)O)P(=O)(O)CCc1ccccc1OC1CCCCC1. The third-order valence-electron chi connectivity index (χ3n) is 4.69. The molecule has 1 aliphatic carbocycles. The molecule has 8 heteroatoms. The number of rotatable bonds is 9. The van der Waals surface area contributed by atoms with Crippen LogP contribution in [0.1, 0.15) is 50.5 Å². The van der Waals surface area contributed by atoms with Gasteiger partial charge in [0.05, 0.1) is 11.9 Å². The molecule has 1 aliphatic rings. The Morgan fingerprint density at radius 2 is 1.92 bits per heavy atom. The third-order valence-corrected chi connectivity index (χ3v) is 6.85. The van der Waals surface area contributed by atoms with Gasteiger partial charge < -0.3 is 20.5 Å². The minimum absolute atomic E-state index is 0. The second-order valence-electron chi connectivity index (χ2n) is 6.71. The summed E-state index contributed by atoms with van der Waals surface area (Å²) in [6.45, 7) is 0. The molecule has 0 aromatic heterocycles. The lowest BCUT2D eigenvalue weighted by Gasteiger charge is -2.25. The summed E-state index contributed by atoms with van der Waals surface area (Å²) >= 11 is 0. The highest BCUT2D eigenvalue weighted by atomic mass is 35.5. The zero-order valence-corrected chi connectivity index (χ0v) is 16.6. The summed E-state index contributed by atoms with van der Waals surface area (Å²) < 4.78 is 18.5. The summed E-state index contributed by atoms with van der Waals surface area (Å²) in [5.74, 6) is -1.25. The molecule has 0 saturated heterocycles. The molecule has 1 aromatic carbocycles. The first-order chi connectivity index (χ1) is 11.9. The maximum absolute atomic E-state index is 12.4. The first-order valence-electron chi connectivity index (χ1n) is 8.92. The quantitative estimate of drug-likeness (QED) is 0.539. The van der Waals surface area contributed by atoms with Crippen LogP contribution in [0, 0.1) is 0 Å². The first-order valence-corrected chi connectivity index (χ1v) is 10.8. The molecule has 0 radical (unpaired) electrons. The van der Waals surface area contributed by atoms with Gasteiger partial charge in [-0.3, -0.25) is 9.36 Å². The van der Waals surface area contributed by atoms with Crippen LogP contribution in [0.2, 0.25) is 0 Å². The van der Waals surface area contributed by atoms with E-state index in [1.54, 1.807) is 0 Å². The fraction of sp³-hybridized carbons (Fsp3) is 0.611. The lowest BCUT2D eigenvalue weighted by Crippen LogP contribution is -2.23. The zero-order valence-electron chi connectivity index (χ0n) is 14.9. The van der Waals surface area contributed by atoms with Gasteiger partial charge in [-0.15, -0.1) is 12.4 Å². The van der Waals surface area contributed by atoms with Gasteiger partial charge in [-0.1, -0.05) is 24.6 Å². The number of carboxylic acid groups (broad SMARTS) is 1. The molecule has 2 atom stereocenters. The third kappa shape index (κ3) is 7.28. The van der Waals surface area contributed by atoms with Gasteiger partial charge in [0.15, 0.2) is 0 Å². The van der Waals surface area contributed by atoms with Crippen molar-refractivity contribution in [2.45, 2.75) is 63.3 Å². The van der Waals surface area contributed by atoms with E-state index < -0.39 is 19.1 Å².